The maximum absolute atomic E-state index is 11.6. The molecule has 0 atom stereocenters. The Morgan fingerprint density at radius 2 is 1.59 bits per heavy atom. The van der Waals surface area contributed by atoms with Crippen molar-refractivity contribution in [1.29, 1.82) is 0 Å². The number of hydrogen-bond donors (Lipinski definition) is 3. The van der Waals surface area contributed by atoms with E-state index in [1.54, 1.807) is 6.92 Å². The van der Waals surface area contributed by atoms with Crippen molar-refractivity contribution < 1.29 is 31.0 Å². The first-order valence-electron chi connectivity index (χ1n) is 7.80. The molecule has 0 aliphatic heterocycles. The van der Waals surface area contributed by atoms with Crippen LogP contribution in [-0.2, 0) is 20.2 Å². The highest BCUT2D eigenvalue weighted by atomic mass is 35.5. The molecule has 0 saturated heterocycles. The lowest BCUT2D eigenvalue weighted by Crippen LogP contribution is -1.99. The van der Waals surface area contributed by atoms with Crippen molar-refractivity contribution in [3.8, 4) is 5.75 Å². The number of fused-ring (bicyclic) bond motifs is 1. The average molecular weight is 457 g/mol. The van der Waals surface area contributed by atoms with Gasteiger partial charge in [-0.3, -0.25) is 9.11 Å². The lowest BCUT2D eigenvalue weighted by molar-refractivity contribution is 0.477. The van der Waals surface area contributed by atoms with Crippen LogP contribution in [0.2, 0.25) is 5.02 Å². The molecule has 3 aromatic carbocycles. The summed E-state index contributed by atoms with van der Waals surface area (Å²) in [5, 5.41) is 18.6. The minimum atomic E-state index is -4.62. The largest absolute Gasteiger partial charge is 0.506 e. The number of nitrogens with zero attached hydrogens (tertiary/aromatic N) is 2. The first-order chi connectivity index (χ1) is 13.4. The minimum Gasteiger partial charge on any atom is -0.506 e. The second-order valence-corrected chi connectivity index (χ2v) is 9.25. The smallest absolute Gasteiger partial charge is 0.296 e. The maximum atomic E-state index is 11.6. The van der Waals surface area contributed by atoms with Crippen LogP contribution in [0.15, 0.2) is 62.5 Å². The number of benzene rings is 3. The molecule has 3 aromatic rings. The van der Waals surface area contributed by atoms with E-state index in [0.29, 0.717) is 10.9 Å². The molecule has 0 unspecified atom stereocenters. The highest BCUT2D eigenvalue weighted by Gasteiger charge is 2.18. The van der Waals surface area contributed by atoms with E-state index in [0.717, 1.165) is 12.1 Å². The minimum absolute atomic E-state index is 0.0811. The van der Waals surface area contributed by atoms with Gasteiger partial charge in [-0.25, -0.2) is 0 Å². The third-order valence-corrected chi connectivity index (χ3v) is 6.15. The first-order valence-corrected chi connectivity index (χ1v) is 11.1. The number of phenolic OH excluding ortho intramolecular Hbond substituents is 1. The van der Waals surface area contributed by atoms with Gasteiger partial charge in [-0.2, -0.15) is 16.8 Å². The summed E-state index contributed by atoms with van der Waals surface area (Å²) in [5.74, 6) is -0.313. The van der Waals surface area contributed by atoms with Crippen LogP contribution in [0.3, 0.4) is 0 Å². The first kappa shape index (κ1) is 21.1. The summed E-state index contributed by atoms with van der Waals surface area (Å²) in [6.07, 6.45) is 0. The van der Waals surface area contributed by atoms with Gasteiger partial charge in [-0.15, -0.1) is 10.2 Å². The van der Waals surface area contributed by atoms with Crippen molar-refractivity contribution in [2.24, 2.45) is 10.2 Å². The molecule has 3 rings (SSSR count). The van der Waals surface area contributed by atoms with E-state index in [9.17, 15) is 26.5 Å². The Labute approximate surface area is 170 Å². The van der Waals surface area contributed by atoms with Gasteiger partial charge in [0, 0.05) is 10.4 Å². The van der Waals surface area contributed by atoms with Gasteiger partial charge in [0.25, 0.3) is 20.2 Å². The lowest BCUT2D eigenvalue weighted by Gasteiger charge is -2.07. The number of aryl methyl sites for hydroxylation is 1. The third kappa shape index (κ3) is 4.38. The van der Waals surface area contributed by atoms with Gasteiger partial charge in [-0.1, -0.05) is 23.7 Å². The van der Waals surface area contributed by atoms with Gasteiger partial charge >= 0.3 is 0 Å². The molecule has 0 spiro atoms. The monoisotopic (exact) mass is 456 g/mol. The summed E-state index contributed by atoms with van der Waals surface area (Å²) in [6.45, 7) is 1.54. The quantitative estimate of drug-likeness (QED) is 0.387. The average Bonchev–Trinajstić information content (AvgIpc) is 2.61. The van der Waals surface area contributed by atoms with E-state index in [2.05, 4.69) is 10.2 Å². The molecule has 0 bridgehead atoms. The van der Waals surface area contributed by atoms with E-state index >= 15 is 0 Å². The fraction of sp³-hybridized carbons (Fsp3) is 0.0588. The SMILES string of the molecule is Cc1cc(S(=O)(=O)O)c(N=Nc2c(O)ccc3cc(S(=O)(=O)O)ccc23)cc1Cl. The van der Waals surface area contributed by atoms with Crippen molar-refractivity contribution >= 4 is 54.0 Å². The predicted molar refractivity (Wildman–Crippen MR) is 106 cm³/mol. The number of phenols is 1. The van der Waals surface area contributed by atoms with E-state index in [4.69, 9.17) is 16.2 Å². The molecule has 0 aliphatic rings. The Hall–Kier alpha value is -2.57. The van der Waals surface area contributed by atoms with Crippen molar-refractivity contribution in [3.05, 3.63) is 53.1 Å². The van der Waals surface area contributed by atoms with Gasteiger partial charge in [0.2, 0.25) is 0 Å². The second-order valence-electron chi connectivity index (χ2n) is 6.04. The number of hydrogen-bond acceptors (Lipinski definition) is 7. The Kier molecular flexibility index (Phi) is 5.36. The molecule has 0 amide bonds. The summed E-state index contributed by atoms with van der Waals surface area (Å²) < 4.78 is 64.4. The van der Waals surface area contributed by atoms with Crippen LogP contribution in [0.4, 0.5) is 11.4 Å². The van der Waals surface area contributed by atoms with Crippen molar-refractivity contribution in [3.63, 3.8) is 0 Å². The van der Waals surface area contributed by atoms with E-state index in [1.807, 2.05) is 0 Å². The Bertz CT molecular complexity index is 1380. The van der Waals surface area contributed by atoms with E-state index < -0.39 is 25.1 Å². The number of halogens is 1. The highest BCUT2D eigenvalue weighted by molar-refractivity contribution is 7.86. The zero-order valence-corrected chi connectivity index (χ0v) is 17.0. The van der Waals surface area contributed by atoms with Crippen molar-refractivity contribution in [1.82, 2.24) is 0 Å². The van der Waals surface area contributed by atoms with Crippen LogP contribution in [0.1, 0.15) is 5.56 Å². The fourth-order valence-corrected chi connectivity index (χ4v) is 3.94. The van der Waals surface area contributed by atoms with Crippen LogP contribution in [0, 0.1) is 6.92 Å². The molecular weight excluding hydrogens is 444 g/mol. The Morgan fingerprint density at radius 1 is 0.897 bits per heavy atom. The van der Waals surface area contributed by atoms with Crippen LogP contribution in [0.5, 0.6) is 5.75 Å². The molecule has 0 fully saturated rings. The van der Waals surface area contributed by atoms with Gasteiger partial charge in [-0.05, 0) is 48.2 Å². The maximum Gasteiger partial charge on any atom is 0.296 e. The summed E-state index contributed by atoms with van der Waals surface area (Å²) in [7, 11) is -9.05. The van der Waals surface area contributed by atoms with Gasteiger partial charge < -0.3 is 5.11 Å². The number of azo groups is 1. The number of rotatable bonds is 4. The summed E-state index contributed by atoms with van der Waals surface area (Å²) >= 11 is 6.00. The zero-order valence-electron chi connectivity index (χ0n) is 14.6. The fourth-order valence-electron chi connectivity index (χ4n) is 2.58. The van der Waals surface area contributed by atoms with Crippen LogP contribution in [-0.4, -0.2) is 31.0 Å². The zero-order chi connectivity index (χ0) is 21.6. The molecule has 9 nitrogen and oxygen atoms in total. The molecule has 0 saturated carbocycles. The predicted octanol–water partition coefficient (Wildman–Crippen LogP) is 4.42. The normalized spacial score (nSPS) is 12.7. The van der Waals surface area contributed by atoms with Crippen molar-refractivity contribution in [2.45, 2.75) is 16.7 Å². The standard InChI is InChI=1S/C17H13ClN2O7S2/c1-9-6-16(29(25,26)27)14(8-13(9)18)19-20-17-12-4-3-11(28(22,23)24)7-10(12)2-5-15(17)21/h2-8,21H,1H3,(H,22,23,24)(H,25,26,27). The van der Waals surface area contributed by atoms with Gasteiger partial charge in [0.05, 0.1) is 4.90 Å². The molecule has 0 aliphatic carbocycles. The number of aromatic hydroxyl groups is 1. The van der Waals surface area contributed by atoms with E-state index in [-0.39, 0.29) is 32.4 Å². The molecule has 3 N–H and O–H groups in total. The van der Waals surface area contributed by atoms with Crippen LogP contribution < -0.4 is 0 Å². The summed E-state index contributed by atoms with van der Waals surface area (Å²) in [4.78, 5) is -0.867. The molecule has 0 heterocycles. The van der Waals surface area contributed by atoms with Crippen LogP contribution >= 0.6 is 11.6 Å². The molecule has 12 heteroatoms. The Balaban J connectivity index is 2.20. The molecular formula is C17H13ClN2O7S2. The second kappa shape index (κ2) is 7.35. The molecule has 152 valence electrons. The molecule has 29 heavy (non-hydrogen) atoms. The molecule has 0 aromatic heterocycles. The lowest BCUT2D eigenvalue weighted by atomic mass is 10.1. The van der Waals surface area contributed by atoms with Crippen LogP contribution in [0.25, 0.3) is 10.8 Å². The van der Waals surface area contributed by atoms with Crippen molar-refractivity contribution in [2.75, 3.05) is 0 Å². The summed E-state index contributed by atoms with van der Waals surface area (Å²) in [6, 6.07) is 8.56. The van der Waals surface area contributed by atoms with Gasteiger partial charge in [0.1, 0.15) is 22.0 Å². The van der Waals surface area contributed by atoms with Gasteiger partial charge in [0.15, 0.2) is 0 Å². The highest BCUT2D eigenvalue weighted by Crippen LogP contribution is 2.38. The third-order valence-electron chi connectivity index (χ3n) is 4.02. The van der Waals surface area contributed by atoms with E-state index in [1.165, 1.54) is 30.3 Å². The topological polar surface area (TPSA) is 154 Å². The molecule has 0 radical (unpaired) electrons. The summed E-state index contributed by atoms with van der Waals surface area (Å²) in [5.41, 5.74) is 0.0559. The Morgan fingerprint density at radius 3 is 2.21 bits per heavy atom.